The second-order valence-electron chi connectivity index (χ2n) is 3.84. The van der Waals surface area contributed by atoms with Crippen molar-refractivity contribution in [3.63, 3.8) is 0 Å². The third-order valence-electron chi connectivity index (χ3n) is 2.63. The maximum atomic E-state index is 10.6. The Labute approximate surface area is 119 Å². The lowest BCUT2D eigenvalue weighted by Crippen LogP contribution is -1.89. The number of hydrogen-bond acceptors (Lipinski definition) is 4. The molecule has 0 aliphatic carbocycles. The van der Waals surface area contributed by atoms with E-state index in [1.165, 1.54) is 24.3 Å². The number of nitro groups is 1. The van der Waals surface area contributed by atoms with Crippen LogP contribution in [0.5, 0.6) is 0 Å². The Morgan fingerprint density at radius 1 is 1.15 bits per heavy atom. The summed E-state index contributed by atoms with van der Waals surface area (Å²) in [5.41, 5.74) is 1.46. The van der Waals surface area contributed by atoms with Gasteiger partial charge in [-0.05, 0) is 35.4 Å². The molecule has 0 radical (unpaired) electrons. The minimum atomic E-state index is -0.491. The van der Waals surface area contributed by atoms with Crippen LogP contribution < -0.4 is 0 Å². The molecule has 0 amide bonds. The van der Waals surface area contributed by atoms with Crippen molar-refractivity contribution < 1.29 is 4.92 Å². The average Bonchev–Trinajstić information content (AvgIpc) is 2.49. The van der Waals surface area contributed by atoms with Gasteiger partial charge >= 0.3 is 0 Å². The van der Waals surface area contributed by atoms with E-state index >= 15 is 0 Å². The fourth-order valence-electron chi connectivity index (χ4n) is 1.63. The van der Waals surface area contributed by atoms with Crippen LogP contribution >= 0.6 is 11.6 Å². The maximum Gasteiger partial charge on any atom is 0.269 e. The molecule has 1 aromatic carbocycles. The highest BCUT2D eigenvalue weighted by molar-refractivity contribution is 6.53. The number of rotatable bonds is 3. The van der Waals surface area contributed by atoms with E-state index in [4.69, 9.17) is 11.6 Å². The molecule has 0 N–H and O–H groups in total. The van der Waals surface area contributed by atoms with Crippen LogP contribution in [0, 0.1) is 21.4 Å². The third-order valence-corrected chi connectivity index (χ3v) is 3.04. The van der Waals surface area contributed by atoms with Gasteiger partial charge < -0.3 is 0 Å². The van der Waals surface area contributed by atoms with Gasteiger partial charge in [0, 0.05) is 24.5 Å². The van der Waals surface area contributed by atoms with Crippen LogP contribution in [0.4, 0.5) is 5.69 Å². The summed E-state index contributed by atoms with van der Waals surface area (Å²) in [6.07, 6.45) is 3.12. The number of nitriles is 1. The van der Waals surface area contributed by atoms with Crippen molar-refractivity contribution in [1.82, 2.24) is 4.98 Å². The number of allylic oxidation sites excluding steroid dienone is 1. The number of halogens is 1. The Bertz CT molecular complexity index is 703. The van der Waals surface area contributed by atoms with Crippen molar-refractivity contribution in [3.05, 3.63) is 70.0 Å². The zero-order valence-corrected chi connectivity index (χ0v) is 10.9. The zero-order chi connectivity index (χ0) is 14.5. The van der Waals surface area contributed by atoms with Gasteiger partial charge in [0.15, 0.2) is 0 Å². The van der Waals surface area contributed by atoms with Gasteiger partial charge in [-0.2, -0.15) is 5.26 Å². The van der Waals surface area contributed by atoms with Crippen LogP contribution in [-0.2, 0) is 0 Å². The Morgan fingerprint density at radius 2 is 1.75 bits per heavy atom. The van der Waals surface area contributed by atoms with Crippen molar-refractivity contribution in [3.8, 4) is 6.07 Å². The highest BCUT2D eigenvalue weighted by Crippen LogP contribution is 2.29. The van der Waals surface area contributed by atoms with Gasteiger partial charge in [0.25, 0.3) is 5.69 Å². The molecule has 2 rings (SSSR count). The van der Waals surface area contributed by atoms with Crippen molar-refractivity contribution in [2.45, 2.75) is 0 Å². The SMILES string of the molecule is N#C/C(=C(\Cl)c1ccc([N+](=O)[O-])cc1)c1ccncc1. The molecule has 6 heteroatoms. The molecule has 1 heterocycles. The minimum Gasteiger partial charge on any atom is -0.265 e. The summed E-state index contributed by atoms with van der Waals surface area (Å²) in [6.45, 7) is 0. The first-order valence-corrected chi connectivity index (χ1v) is 5.96. The van der Waals surface area contributed by atoms with Gasteiger partial charge in [-0.3, -0.25) is 15.1 Å². The molecule has 98 valence electrons. The predicted octanol–water partition coefficient (Wildman–Crippen LogP) is 3.62. The molecule has 0 bridgehead atoms. The second kappa shape index (κ2) is 5.95. The van der Waals surface area contributed by atoms with Crippen molar-refractivity contribution in [1.29, 1.82) is 5.26 Å². The zero-order valence-electron chi connectivity index (χ0n) is 10.2. The predicted molar refractivity (Wildman–Crippen MR) is 75.6 cm³/mol. The van der Waals surface area contributed by atoms with Gasteiger partial charge in [-0.25, -0.2) is 0 Å². The van der Waals surface area contributed by atoms with E-state index < -0.39 is 4.92 Å². The van der Waals surface area contributed by atoms with Gasteiger partial charge in [-0.15, -0.1) is 0 Å². The lowest BCUT2D eigenvalue weighted by Gasteiger charge is -2.04. The summed E-state index contributed by atoms with van der Waals surface area (Å²) in [7, 11) is 0. The van der Waals surface area contributed by atoms with Crippen molar-refractivity contribution in [2.24, 2.45) is 0 Å². The quantitative estimate of drug-likeness (QED) is 0.490. The molecule has 0 atom stereocenters. The third kappa shape index (κ3) is 2.82. The normalized spacial score (nSPS) is 11.4. The van der Waals surface area contributed by atoms with E-state index in [9.17, 15) is 15.4 Å². The summed E-state index contributed by atoms with van der Waals surface area (Å²) in [6, 6.07) is 11.1. The topological polar surface area (TPSA) is 79.8 Å². The summed E-state index contributed by atoms with van der Waals surface area (Å²) < 4.78 is 0. The largest absolute Gasteiger partial charge is 0.269 e. The Kier molecular flexibility index (Phi) is 4.08. The number of nitro benzene ring substituents is 1. The van der Waals surface area contributed by atoms with Gasteiger partial charge in [0.2, 0.25) is 0 Å². The lowest BCUT2D eigenvalue weighted by molar-refractivity contribution is -0.384. The van der Waals surface area contributed by atoms with Crippen LogP contribution in [-0.4, -0.2) is 9.91 Å². The summed E-state index contributed by atoms with van der Waals surface area (Å²) >= 11 is 6.21. The molecule has 0 saturated heterocycles. The number of benzene rings is 1. The standard InChI is InChI=1S/C14H8ClN3O2/c15-14(11-1-3-12(4-2-11)18(19)20)13(9-16)10-5-7-17-8-6-10/h1-8H/b14-13+. The molecule has 1 aromatic heterocycles. The first kappa shape index (κ1) is 13.7. The van der Waals surface area contributed by atoms with Crippen molar-refractivity contribution >= 4 is 27.9 Å². The Morgan fingerprint density at radius 3 is 2.25 bits per heavy atom. The molecular formula is C14H8ClN3O2. The van der Waals surface area contributed by atoms with Crippen LogP contribution in [0.15, 0.2) is 48.8 Å². The second-order valence-corrected chi connectivity index (χ2v) is 4.22. The number of hydrogen-bond donors (Lipinski definition) is 0. The molecule has 0 saturated carbocycles. The molecule has 2 aromatic rings. The fraction of sp³-hybridized carbons (Fsp3) is 0. The summed E-state index contributed by atoms with van der Waals surface area (Å²) in [5.74, 6) is 0. The Balaban J connectivity index is 2.47. The molecule has 5 nitrogen and oxygen atoms in total. The maximum absolute atomic E-state index is 10.6. The monoisotopic (exact) mass is 285 g/mol. The molecule has 0 fully saturated rings. The van der Waals surface area contributed by atoms with Crippen LogP contribution in [0.3, 0.4) is 0 Å². The lowest BCUT2D eigenvalue weighted by atomic mass is 10.0. The summed E-state index contributed by atoms with van der Waals surface area (Å²) in [5, 5.41) is 20.1. The van der Waals surface area contributed by atoms with Gasteiger partial charge in [0.1, 0.15) is 6.07 Å². The van der Waals surface area contributed by atoms with E-state index in [2.05, 4.69) is 4.98 Å². The van der Waals surface area contributed by atoms with Crippen LogP contribution in [0.1, 0.15) is 11.1 Å². The first-order valence-electron chi connectivity index (χ1n) is 5.58. The molecular weight excluding hydrogens is 278 g/mol. The number of pyridine rings is 1. The molecule has 0 aliphatic rings. The Hall–Kier alpha value is -2.71. The van der Waals surface area contributed by atoms with E-state index in [1.54, 1.807) is 24.5 Å². The van der Waals surface area contributed by atoms with E-state index in [0.29, 0.717) is 16.7 Å². The van der Waals surface area contributed by atoms with E-state index in [-0.39, 0.29) is 10.7 Å². The van der Waals surface area contributed by atoms with E-state index in [0.717, 1.165) is 0 Å². The van der Waals surface area contributed by atoms with Crippen LogP contribution in [0.2, 0.25) is 0 Å². The number of aromatic nitrogens is 1. The smallest absolute Gasteiger partial charge is 0.265 e. The molecule has 0 unspecified atom stereocenters. The molecule has 20 heavy (non-hydrogen) atoms. The van der Waals surface area contributed by atoms with E-state index in [1.807, 2.05) is 6.07 Å². The molecule has 0 aliphatic heterocycles. The average molecular weight is 286 g/mol. The highest BCUT2D eigenvalue weighted by Gasteiger charge is 2.11. The fourth-order valence-corrected chi connectivity index (χ4v) is 1.91. The van der Waals surface area contributed by atoms with Gasteiger partial charge in [-0.1, -0.05) is 11.6 Å². The molecule has 0 spiro atoms. The summed E-state index contributed by atoms with van der Waals surface area (Å²) in [4.78, 5) is 14.0. The number of non-ortho nitro benzene ring substituents is 1. The highest BCUT2D eigenvalue weighted by atomic mass is 35.5. The van der Waals surface area contributed by atoms with Gasteiger partial charge in [0.05, 0.1) is 15.5 Å². The van der Waals surface area contributed by atoms with Crippen molar-refractivity contribution in [2.75, 3.05) is 0 Å². The first-order chi connectivity index (χ1) is 9.63. The minimum absolute atomic E-state index is 0.0272. The number of nitrogens with zero attached hydrogens (tertiary/aromatic N) is 3. The van der Waals surface area contributed by atoms with Crippen LogP contribution in [0.25, 0.3) is 10.6 Å².